The molecule has 1 unspecified atom stereocenters. The van der Waals surface area contributed by atoms with Crippen molar-refractivity contribution in [2.45, 2.75) is 6.10 Å². The monoisotopic (exact) mass is 299 g/mol. The molecule has 1 aliphatic heterocycles. The van der Waals surface area contributed by atoms with Gasteiger partial charge in [-0.15, -0.1) is 0 Å². The Morgan fingerprint density at radius 3 is 3.05 bits per heavy atom. The fourth-order valence-corrected chi connectivity index (χ4v) is 2.01. The van der Waals surface area contributed by atoms with Crippen LogP contribution in [-0.2, 0) is 9.57 Å². The molecule has 1 N–H and O–H groups in total. The summed E-state index contributed by atoms with van der Waals surface area (Å²) in [4.78, 5) is 11.1. The maximum Gasteiger partial charge on any atom is 0.177 e. The minimum atomic E-state index is -0.602. The van der Waals surface area contributed by atoms with E-state index >= 15 is 0 Å². The Kier molecular flexibility index (Phi) is 6.20. The van der Waals surface area contributed by atoms with Crippen molar-refractivity contribution < 1.29 is 14.7 Å². The van der Waals surface area contributed by atoms with E-state index in [-0.39, 0.29) is 11.8 Å². The highest BCUT2D eigenvalue weighted by molar-refractivity contribution is 6.69. The van der Waals surface area contributed by atoms with E-state index in [0.717, 1.165) is 13.1 Å². The zero-order valence-electron chi connectivity index (χ0n) is 11.1. The summed E-state index contributed by atoms with van der Waals surface area (Å²) >= 11 is 5.96. The second-order valence-corrected chi connectivity index (χ2v) is 4.84. The lowest BCUT2D eigenvalue weighted by molar-refractivity contribution is -0.0129. The van der Waals surface area contributed by atoms with Crippen molar-refractivity contribution in [3.05, 3.63) is 30.1 Å². The predicted molar refractivity (Wildman–Crippen MR) is 75.8 cm³/mol. The first-order valence-corrected chi connectivity index (χ1v) is 6.87. The third-order valence-electron chi connectivity index (χ3n) is 2.88. The molecule has 20 heavy (non-hydrogen) atoms. The standard InChI is InChI=1S/C13H18ClN3O3/c14-13(11-2-1-3-15-8-11)16-20-10-12(18)9-17-4-6-19-7-5-17/h1-3,8,12,18H,4-7,9-10H2/b16-13-. The average Bonchev–Trinajstić information content (AvgIpc) is 2.49. The molecule has 2 heterocycles. The second kappa shape index (κ2) is 8.16. The van der Waals surface area contributed by atoms with E-state index < -0.39 is 6.10 Å². The number of hydrogen-bond acceptors (Lipinski definition) is 6. The van der Waals surface area contributed by atoms with Gasteiger partial charge >= 0.3 is 0 Å². The second-order valence-electron chi connectivity index (χ2n) is 4.49. The predicted octanol–water partition coefficient (Wildman–Crippen LogP) is 0.692. The number of aromatic nitrogens is 1. The fourth-order valence-electron chi connectivity index (χ4n) is 1.85. The molecule has 1 atom stereocenters. The molecule has 0 spiro atoms. The first kappa shape index (κ1) is 15.2. The van der Waals surface area contributed by atoms with E-state index in [0.29, 0.717) is 25.3 Å². The van der Waals surface area contributed by atoms with Gasteiger partial charge in [-0.3, -0.25) is 9.88 Å². The number of hydrogen-bond donors (Lipinski definition) is 1. The number of ether oxygens (including phenoxy) is 1. The van der Waals surface area contributed by atoms with Crippen LogP contribution in [0, 0.1) is 0 Å². The van der Waals surface area contributed by atoms with E-state index in [2.05, 4.69) is 15.0 Å². The van der Waals surface area contributed by atoms with Crippen molar-refractivity contribution in [2.24, 2.45) is 5.16 Å². The highest BCUT2D eigenvalue weighted by Gasteiger charge is 2.15. The number of pyridine rings is 1. The van der Waals surface area contributed by atoms with E-state index in [1.807, 2.05) is 0 Å². The van der Waals surface area contributed by atoms with Gasteiger partial charge in [-0.1, -0.05) is 16.8 Å². The molecular formula is C13H18ClN3O3. The summed E-state index contributed by atoms with van der Waals surface area (Å²) in [6.45, 7) is 3.72. The molecule has 0 amide bonds. The van der Waals surface area contributed by atoms with Crippen LogP contribution in [0.15, 0.2) is 29.7 Å². The van der Waals surface area contributed by atoms with Gasteiger partial charge in [0.15, 0.2) is 5.17 Å². The first-order chi connectivity index (χ1) is 9.75. The molecule has 7 heteroatoms. The number of oxime groups is 1. The van der Waals surface area contributed by atoms with Crippen LogP contribution >= 0.6 is 11.6 Å². The quantitative estimate of drug-likeness (QED) is 0.618. The van der Waals surface area contributed by atoms with E-state index in [4.69, 9.17) is 21.2 Å². The summed E-state index contributed by atoms with van der Waals surface area (Å²) in [6, 6.07) is 3.55. The molecular weight excluding hydrogens is 282 g/mol. The highest BCUT2D eigenvalue weighted by Crippen LogP contribution is 2.04. The van der Waals surface area contributed by atoms with Crippen LogP contribution in [-0.4, -0.2) is 65.7 Å². The SMILES string of the molecule is OC(CO/N=C(\Cl)c1cccnc1)CN1CCOCC1. The van der Waals surface area contributed by atoms with Crippen molar-refractivity contribution in [1.82, 2.24) is 9.88 Å². The van der Waals surface area contributed by atoms with Gasteiger partial charge in [0.1, 0.15) is 12.7 Å². The van der Waals surface area contributed by atoms with Crippen LogP contribution in [0.25, 0.3) is 0 Å². The van der Waals surface area contributed by atoms with Crippen molar-refractivity contribution in [1.29, 1.82) is 0 Å². The number of nitrogens with zero attached hydrogens (tertiary/aromatic N) is 3. The largest absolute Gasteiger partial charge is 0.392 e. The molecule has 0 bridgehead atoms. The van der Waals surface area contributed by atoms with Crippen molar-refractivity contribution in [2.75, 3.05) is 39.5 Å². The lowest BCUT2D eigenvalue weighted by atomic mass is 10.3. The molecule has 0 aromatic carbocycles. The molecule has 6 nitrogen and oxygen atoms in total. The van der Waals surface area contributed by atoms with Gasteiger partial charge in [0.25, 0.3) is 0 Å². The summed E-state index contributed by atoms with van der Waals surface area (Å²) in [5.41, 5.74) is 0.678. The Balaban J connectivity index is 1.71. The summed E-state index contributed by atoms with van der Waals surface area (Å²) in [5.74, 6) is 0. The highest BCUT2D eigenvalue weighted by atomic mass is 35.5. The average molecular weight is 300 g/mol. The normalized spacial score (nSPS) is 18.8. The van der Waals surface area contributed by atoms with Crippen LogP contribution in [0.2, 0.25) is 0 Å². The van der Waals surface area contributed by atoms with Crippen molar-refractivity contribution in [3.8, 4) is 0 Å². The van der Waals surface area contributed by atoms with Gasteiger partial charge in [-0.05, 0) is 12.1 Å². The van der Waals surface area contributed by atoms with Crippen LogP contribution in [0.1, 0.15) is 5.56 Å². The number of rotatable bonds is 6. The minimum Gasteiger partial charge on any atom is -0.392 e. The number of β-amino-alcohol motifs (C(OH)–C–C–N with tert-alkyl or cyclic N) is 1. The summed E-state index contributed by atoms with van der Waals surface area (Å²) in [6.07, 6.45) is 2.65. The van der Waals surface area contributed by atoms with Crippen LogP contribution in [0.3, 0.4) is 0 Å². The number of aliphatic hydroxyl groups excluding tert-OH is 1. The fraction of sp³-hybridized carbons (Fsp3) is 0.538. The lowest BCUT2D eigenvalue weighted by Gasteiger charge is -2.28. The van der Waals surface area contributed by atoms with Gasteiger partial charge in [-0.25, -0.2) is 0 Å². The Morgan fingerprint density at radius 2 is 2.35 bits per heavy atom. The zero-order chi connectivity index (χ0) is 14.2. The Labute approximate surface area is 122 Å². The van der Waals surface area contributed by atoms with Crippen LogP contribution in [0.5, 0.6) is 0 Å². The van der Waals surface area contributed by atoms with E-state index in [1.165, 1.54) is 0 Å². The summed E-state index contributed by atoms with van der Waals surface area (Å²) in [7, 11) is 0. The maximum atomic E-state index is 9.85. The Morgan fingerprint density at radius 1 is 1.55 bits per heavy atom. The van der Waals surface area contributed by atoms with Crippen LogP contribution in [0.4, 0.5) is 0 Å². The molecule has 1 aliphatic rings. The molecule has 0 radical (unpaired) electrons. The van der Waals surface area contributed by atoms with Gasteiger partial charge in [0.05, 0.1) is 13.2 Å². The maximum absolute atomic E-state index is 9.85. The molecule has 110 valence electrons. The summed E-state index contributed by atoms with van der Waals surface area (Å²) in [5, 5.41) is 13.8. The molecule has 1 saturated heterocycles. The smallest absolute Gasteiger partial charge is 0.177 e. The molecule has 0 saturated carbocycles. The molecule has 1 fully saturated rings. The third kappa shape index (κ3) is 5.05. The van der Waals surface area contributed by atoms with Gasteiger partial charge in [0.2, 0.25) is 0 Å². The Bertz CT molecular complexity index is 424. The molecule has 1 aromatic heterocycles. The molecule has 1 aromatic rings. The third-order valence-corrected chi connectivity index (χ3v) is 3.17. The molecule has 0 aliphatic carbocycles. The van der Waals surface area contributed by atoms with Crippen molar-refractivity contribution in [3.63, 3.8) is 0 Å². The zero-order valence-corrected chi connectivity index (χ0v) is 11.9. The number of aliphatic hydroxyl groups is 1. The topological polar surface area (TPSA) is 67.2 Å². The number of halogens is 1. The minimum absolute atomic E-state index is 0.105. The Hall–Kier alpha value is -1.21. The molecule has 2 rings (SSSR count). The van der Waals surface area contributed by atoms with E-state index in [9.17, 15) is 5.11 Å². The van der Waals surface area contributed by atoms with Crippen LogP contribution < -0.4 is 0 Å². The van der Waals surface area contributed by atoms with E-state index in [1.54, 1.807) is 24.5 Å². The van der Waals surface area contributed by atoms with Crippen molar-refractivity contribution >= 4 is 16.8 Å². The number of morpholine rings is 1. The first-order valence-electron chi connectivity index (χ1n) is 6.49. The summed E-state index contributed by atoms with van der Waals surface area (Å²) < 4.78 is 5.24. The van der Waals surface area contributed by atoms with Gasteiger partial charge in [0, 0.05) is 37.6 Å². The van der Waals surface area contributed by atoms with Gasteiger partial charge < -0.3 is 14.7 Å². The van der Waals surface area contributed by atoms with Gasteiger partial charge in [-0.2, -0.15) is 0 Å². The lowest BCUT2D eigenvalue weighted by Crippen LogP contribution is -2.42.